The van der Waals surface area contributed by atoms with E-state index in [0.717, 1.165) is 5.56 Å². The summed E-state index contributed by atoms with van der Waals surface area (Å²) in [6.07, 6.45) is 2.26. The second kappa shape index (κ2) is 6.07. The monoisotopic (exact) mass is 223 g/mol. The molecule has 88 valence electrons. The van der Waals surface area contributed by atoms with Crippen LogP contribution >= 0.6 is 0 Å². The Morgan fingerprint density at radius 1 is 1.69 bits per heavy atom. The number of carbonyl (C=O) groups excluding carboxylic acids is 1. The third-order valence-corrected chi connectivity index (χ3v) is 2.27. The van der Waals surface area contributed by atoms with Gasteiger partial charge in [0.1, 0.15) is 0 Å². The number of nitrogens with two attached hydrogens (primary N) is 1. The van der Waals surface area contributed by atoms with Crippen molar-refractivity contribution in [1.29, 1.82) is 0 Å². The highest BCUT2D eigenvalue weighted by Crippen LogP contribution is 2.12. The van der Waals surface area contributed by atoms with Gasteiger partial charge in [0.05, 0.1) is 13.2 Å². The lowest BCUT2D eigenvalue weighted by molar-refractivity contribution is -0.122. The smallest absolute Gasteiger partial charge is 0.237 e. The fraction of sp³-hybridized carbons (Fsp3) is 0.455. The van der Waals surface area contributed by atoms with Crippen LogP contribution < -0.4 is 15.8 Å². The summed E-state index contributed by atoms with van der Waals surface area (Å²) in [4.78, 5) is 15.5. The molecule has 1 aromatic rings. The van der Waals surface area contributed by atoms with Gasteiger partial charge < -0.3 is 15.8 Å². The molecule has 0 radical (unpaired) electrons. The fourth-order valence-corrected chi connectivity index (χ4v) is 1.24. The number of hydrogen-bond acceptors (Lipinski definition) is 4. The Bertz CT molecular complexity index is 355. The molecule has 1 rings (SSSR count). The third kappa shape index (κ3) is 3.20. The molecule has 3 N–H and O–H groups in total. The number of hydrogen-bond donors (Lipinski definition) is 2. The Labute approximate surface area is 95.0 Å². The minimum absolute atomic E-state index is 0.159. The Balaban J connectivity index is 2.57. The lowest BCUT2D eigenvalue weighted by Crippen LogP contribution is -2.39. The van der Waals surface area contributed by atoms with E-state index in [-0.39, 0.29) is 5.91 Å². The Morgan fingerprint density at radius 3 is 3.06 bits per heavy atom. The maximum absolute atomic E-state index is 11.4. The summed E-state index contributed by atoms with van der Waals surface area (Å²) in [7, 11) is 1.55. The zero-order valence-corrected chi connectivity index (χ0v) is 9.56. The van der Waals surface area contributed by atoms with Gasteiger partial charge in [0, 0.05) is 18.3 Å². The van der Waals surface area contributed by atoms with E-state index in [1.54, 1.807) is 19.4 Å². The van der Waals surface area contributed by atoms with Gasteiger partial charge in [0.2, 0.25) is 11.8 Å². The summed E-state index contributed by atoms with van der Waals surface area (Å²) in [6.45, 7) is 2.25. The van der Waals surface area contributed by atoms with Crippen LogP contribution in [0, 0.1) is 0 Å². The minimum Gasteiger partial charge on any atom is -0.481 e. The summed E-state index contributed by atoms with van der Waals surface area (Å²) in [5, 5.41) is 2.74. The molecule has 5 heteroatoms. The maximum atomic E-state index is 11.4. The number of aromatic nitrogens is 1. The number of methoxy groups -OCH3 is 1. The van der Waals surface area contributed by atoms with E-state index in [1.165, 1.54) is 0 Å². The number of amides is 1. The molecule has 0 fully saturated rings. The molecule has 0 saturated carbocycles. The van der Waals surface area contributed by atoms with Gasteiger partial charge in [0.25, 0.3) is 0 Å². The van der Waals surface area contributed by atoms with E-state index >= 15 is 0 Å². The van der Waals surface area contributed by atoms with Crippen molar-refractivity contribution in [3.8, 4) is 5.88 Å². The number of pyridine rings is 1. The predicted octanol–water partition coefficient (Wildman–Crippen LogP) is 0.444. The molecular formula is C11H17N3O2. The average molecular weight is 223 g/mol. The topological polar surface area (TPSA) is 77.2 Å². The van der Waals surface area contributed by atoms with Gasteiger partial charge in [-0.05, 0) is 12.5 Å². The summed E-state index contributed by atoms with van der Waals surface area (Å²) in [5.41, 5.74) is 6.43. The summed E-state index contributed by atoms with van der Waals surface area (Å²) in [6, 6.07) is 3.19. The van der Waals surface area contributed by atoms with E-state index in [0.29, 0.717) is 18.8 Å². The molecule has 1 atom stereocenters. The molecule has 0 aliphatic rings. The molecule has 0 bridgehead atoms. The van der Waals surface area contributed by atoms with Gasteiger partial charge in [-0.3, -0.25) is 4.79 Å². The van der Waals surface area contributed by atoms with Crippen LogP contribution in [0.1, 0.15) is 18.9 Å². The predicted molar refractivity (Wildman–Crippen MR) is 60.9 cm³/mol. The third-order valence-electron chi connectivity index (χ3n) is 2.27. The zero-order chi connectivity index (χ0) is 12.0. The number of rotatable bonds is 5. The van der Waals surface area contributed by atoms with Gasteiger partial charge in [-0.15, -0.1) is 0 Å². The first-order valence-electron chi connectivity index (χ1n) is 5.20. The highest BCUT2D eigenvalue weighted by Gasteiger charge is 2.11. The number of nitrogens with one attached hydrogen (secondary N) is 1. The normalized spacial score (nSPS) is 11.9. The Morgan fingerprint density at radius 2 is 2.44 bits per heavy atom. The molecule has 1 heterocycles. The standard InChI is InChI=1S/C11H17N3O2/c1-3-9(12)10(15)14-7-8-5-4-6-13-11(8)16-2/h4-6,9H,3,7,12H2,1-2H3,(H,14,15). The maximum Gasteiger partial charge on any atom is 0.237 e. The molecule has 1 unspecified atom stereocenters. The molecule has 0 saturated heterocycles. The van der Waals surface area contributed by atoms with Crippen LogP contribution in [0.25, 0.3) is 0 Å². The molecule has 16 heavy (non-hydrogen) atoms. The lowest BCUT2D eigenvalue weighted by Gasteiger charge is -2.11. The first kappa shape index (κ1) is 12.4. The SMILES string of the molecule is CCC(N)C(=O)NCc1cccnc1OC. The van der Waals surface area contributed by atoms with E-state index in [9.17, 15) is 4.79 Å². The highest BCUT2D eigenvalue weighted by molar-refractivity contribution is 5.81. The summed E-state index contributed by atoms with van der Waals surface area (Å²) in [5.74, 6) is 0.362. The molecule has 0 aliphatic carbocycles. The molecule has 0 aromatic carbocycles. The van der Waals surface area contributed by atoms with Crippen molar-refractivity contribution in [2.75, 3.05) is 7.11 Å². The first-order chi connectivity index (χ1) is 7.69. The van der Waals surface area contributed by atoms with Crippen molar-refractivity contribution in [3.05, 3.63) is 23.9 Å². The van der Waals surface area contributed by atoms with E-state index in [1.807, 2.05) is 13.0 Å². The lowest BCUT2D eigenvalue weighted by atomic mass is 10.2. The van der Waals surface area contributed by atoms with Crippen molar-refractivity contribution >= 4 is 5.91 Å². The fourth-order valence-electron chi connectivity index (χ4n) is 1.24. The second-order valence-corrected chi connectivity index (χ2v) is 3.40. The van der Waals surface area contributed by atoms with Gasteiger partial charge in [-0.1, -0.05) is 13.0 Å². The zero-order valence-electron chi connectivity index (χ0n) is 9.56. The number of carbonyl (C=O) groups is 1. The van der Waals surface area contributed by atoms with Crippen molar-refractivity contribution in [1.82, 2.24) is 10.3 Å². The van der Waals surface area contributed by atoms with Crippen LogP contribution in [0.3, 0.4) is 0 Å². The average Bonchev–Trinajstić information content (AvgIpc) is 2.35. The second-order valence-electron chi connectivity index (χ2n) is 3.40. The van der Waals surface area contributed by atoms with Crippen LogP contribution in [0.2, 0.25) is 0 Å². The van der Waals surface area contributed by atoms with Crippen LogP contribution in [-0.4, -0.2) is 24.0 Å². The molecule has 0 spiro atoms. The Kier molecular flexibility index (Phi) is 4.72. The van der Waals surface area contributed by atoms with E-state index in [4.69, 9.17) is 10.5 Å². The quantitative estimate of drug-likeness (QED) is 0.759. The van der Waals surface area contributed by atoms with Crippen LogP contribution in [-0.2, 0) is 11.3 Å². The van der Waals surface area contributed by atoms with Gasteiger partial charge in [0.15, 0.2) is 0 Å². The molecule has 1 amide bonds. The largest absolute Gasteiger partial charge is 0.481 e. The van der Waals surface area contributed by atoms with Crippen molar-refractivity contribution in [2.45, 2.75) is 25.9 Å². The van der Waals surface area contributed by atoms with Crippen molar-refractivity contribution in [3.63, 3.8) is 0 Å². The Hall–Kier alpha value is -1.62. The number of ether oxygens (including phenoxy) is 1. The van der Waals surface area contributed by atoms with Crippen molar-refractivity contribution in [2.24, 2.45) is 5.73 Å². The number of nitrogens with zero attached hydrogens (tertiary/aromatic N) is 1. The van der Waals surface area contributed by atoms with Crippen LogP contribution in [0.5, 0.6) is 5.88 Å². The molecular weight excluding hydrogens is 206 g/mol. The first-order valence-corrected chi connectivity index (χ1v) is 5.20. The highest BCUT2D eigenvalue weighted by atomic mass is 16.5. The van der Waals surface area contributed by atoms with Gasteiger partial charge in [-0.25, -0.2) is 4.98 Å². The van der Waals surface area contributed by atoms with E-state index in [2.05, 4.69) is 10.3 Å². The molecule has 0 aliphatic heterocycles. The van der Waals surface area contributed by atoms with E-state index < -0.39 is 6.04 Å². The van der Waals surface area contributed by atoms with Crippen LogP contribution in [0.4, 0.5) is 0 Å². The minimum atomic E-state index is -0.456. The van der Waals surface area contributed by atoms with Gasteiger partial charge in [-0.2, -0.15) is 0 Å². The summed E-state index contributed by atoms with van der Waals surface area (Å²) >= 11 is 0. The molecule has 1 aromatic heterocycles. The van der Waals surface area contributed by atoms with Crippen molar-refractivity contribution < 1.29 is 9.53 Å². The summed E-state index contributed by atoms with van der Waals surface area (Å²) < 4.78 is 5.07. The van der Waals surface area contributed by atoms with Crippen LogP contribution in [0.15, 0.2) is 18.3 Å². The molecule has 5 nitrogen and oxygen atoms in total. The van der Waals surface area contributed by atoms with Gasteiger partial charge >= 0.3 is 0 Å².